The van der Waals surface area contributed by atoms with Crippen LogP contribution in [0.5, 0.6) is 5.75 Å². The lowest BCUT2D eigenvalue weighted by molar-refractivity contribution is -0.121. The molecule has 7 heteroatoms. The number of para-hydroxylation sites is 2. The zero-order valence-electron chi connectivity index (χ0n) is 16.8. The molecule has 1 heterocycles. The van der Waals surface area contributed by atoms with Crippen LogP contribution in [0.4, 0.5) is 11.4 Å². The molecule has 0 aromatic heterocycles. The lowest BCUT2D eigenvalue weighted by Crippen LogP contribution is -2.39. The predicted octanol–water partition coefficient (Wildman–Crippen LogP) is 3.54. The summed E-state index contributed by atoms with van der Waals surface area (Å²) in [7, 11) is 0. The summed E-state index contributed by atoms with van der Waals surface area (Å²) in [6.45, 7) is 7.20. The maximum absolute atomic E-state index is 12.2. The summed E-state index contributed by atoms with van der Waals surface area (Å²) >= 11 is 5.31. The minimum atomic E-state index is -0.306. The zero-order chi connectivity index (χ0) is 20.6. The van der Waals surface area contributed by atoms with E-state index in [-0.39, 0.29) is 17.6 Å². The number of carbonyl (C=O) groups excluding carboxylic acids is 1. The van der Waals surface area contributed by atoms with Crippen LogP contribution in [0.15, 0.2) is 48.5 Å². The van der Waals surface area contributed by atoms with Gasteiger partial charge in [-0.25, -0.2) is 0 Å². The molecule has 6 nitrogen and oxygen atoms in total. The topological polar surface area (TPSA) is 62.8 Å². The number of hydrogen-bond donors (Lipinski definition) is 2. The molecule has 1 saturated heterocycles. The Labute approximate surface area is 177 Å². The van der Waals surface area contributed by atoms with Crippen molar-refractivity contribution in [2.45, 2.75) is 19.8 Å². The van der Waals surface area contributed by atoms with Crippen molar-refractivity contribution in [3.8, 4) is 5.75 Å². The third kappa shape index (κ3) is 6.17. The molecule has 2 aromatic rings. The number of rotatable bonds is 6. The fourth-order valence-corrected chi connectivity index (χ4v) is 3.30. The molecule has 1 fully saturated rings. The van der Waals surface area contributed by atoms with E-state index in [2.05, 4.69) is 29.4 Å². The Morgan fingerprint density at radius 2 is 1.83 bits per heavy atom. The molecular weight excluding hydrogens is 386 g/mol. The Balaban J connectivity index is 1.51. The fraction of sp³-hybridized carbons (Fsp3) is 0.364. The van der Waals surface area contributed by atoms with E-state index in [0.717, 1.165) is 24.5 Å². The molecule has 1 aliphatic heterocycles. The van der Waals surface area contributed by atoms with Gasteiger partial charge in [-0.1, -0.05) is 38.1 Å². The third-order valence-corrected chi connectivity index (χ3v) is 4.88. The molecule has 0 bridgehead atoms. The lowest BCUT2D eigenvalue weighted by Gasteiger charge is -2.30. The average Bonchev–Trinajstić information content (AvgIpc) is 2.73. The number of nitrogens with zero attached hydrogens (tertiary/aromatic N) is 1. The van der Waals surface area contributed by atoms with E-state index in [1.54, 1.807) is 0 Å². The van der Waals surface area contributed by atoms with Gasteiger partial charge in [0.1, 0.15) is 5.75 Å². The second kappa shape index (κ2) is 10.2. The summed E-state index contributed by atoms with van der Waals surface area (Å²) < 4.78 is 11.0. The van der Waals surface area contributed by atoms with Crippen LogP contribution in [0.25, 0.3) is 0 Å². The highest BCUT2D eigenvalue weighted by atomic mass is 32.1. The third-order valence-electron chi connectivity index (χ3n) is 4.67. The molecule has 0 unspecified atom stereocenters. The number of thiocarbonyl (C=S) groups is 1. The van der Waals surface area contributed by atoms with Gasteiger partial charge in [-0.05, 0) is 48.0 Å². The van der Waals surface area contributed by atoms with Crippen molar-refractivity contribution < 1.29 is 14.3 Å². The fourth-order valence-electron chi connectivity index (χ4n) is 3.07. The maximum Gasteiger partial charge on any atom is 0.264 e. The highest BCUT2D eigenvalue weighted by Crippen LogP contribution is 2.26. The van der Waals surface area contributed by atoms with E-state index in [1.165, 1.54) is 5.56 Å². The second-order valence-electron chi connectivity index (χ2n) is 7.13. The minimum absolute atomic E-state index is 0.103. The van der Waals surface area contributed by atoms with Gasteiger partial charge in [0.05, 0.1) is 24.6 Å². The number of ether oxygens (including phenoxy) is 2. The van der Waals surface area contributed by atoms with Crippen LogP contribution in [-0.4, -0.2) is 43.9 Å². The predicted molar refractivity (Wildman–Crippen MR) is 120 cm³/mol. The molecule has 29 heavy (non-hydrogen) atoms. The molecule has 0 aliphatic carbocycles. The molecule has 0 spiro atoms. The molecule has 154 valence electrons. The van der Waals surface area contributed by atoms with Gasteiger partial charge in [-0.2, -0.15) is 0 Å². The first-order chi connectivity index (χ1) is 14.0. The van der Waals surface area contributed by atoms with Crippen molar-refractivity contribution in [2.75, 3.05) is 43.1 Å². The van der Waals surface area contributed by atoms with Gasteiger partial charge in [0, 0.05) is 13.1 Å². The number of anilines is 2. The van der Waals surface area contributed by atoms with E-state index in [4.69, 9.17) is 21.7 Å². The van der Waals surface area contributed by atoms with Crippen molar-refractivity contribution in [3.05, 3.63) is 54.1 Å². The monoisotopic (exact) mass is 413 g/mol. The SMILES string of the molecule is CC(C)c1ccc(OCC(=O)NC(=S)Nc2ccccc2N2CCOCC2)cc1. The smallest absolute Gasteiger partial charge is 0.264 e. The van der Waals surface area contributed by atoms with Gasteiger partial charge in [-0.15, -0.1) is 0 Å². The van der Waals surface area contributed by atoms with E-state index in [1.807, 2.05) is 48.5 Å². The van der Waals surface area contributed by atoms with Crippen LogP contribution in [-0.2, 0) is 9.53 Å². The maximum atomic E-state index is 12.2. The molecule has 1 aliphatic rings. The first-order valence-electron chi connectivity index (χ1n) is 9.78. The van der Waals surface area contributed by atoms with Crippen molar-refractivity contribution in [2.24, 2.45) is 0 Å². The molecule has 0 radical (unpaired) electrons. The number of benzene rings is 2. The van der Waals surface area contributed by atoms with Gasteiger partial charge in [0.15, 0.2) is 11.7 Å². The van der Waals surface area contributed by atoms with E-state index in [0.29, 0.717) is 24.9 Å². The summed E-state index contributed by atoms with van der Waals surface area (Å²) in [5.74, 6) is 0.802. The number of nitrogens with one attached hydrogen (secondary N) is 2. The van der Waals surface area contributed by atoms with Crippen molar-refractivity contribution in [3.63, 3.8) is 0 Å². The summed E-state index contributed by atoms with van der Waals surface area (Å²) in [6, 6.07) is 15.6. The molecular formula is C22H27N3O3S. The number of carbonyl (C=O) groups is 1. The van der Waals surface area contributed by atoms with Crippen LogP contribution in [0.2, 0.25) is 0 Å². The molecule has 1 amide bonds. The zero-order valence-corrected chi connectivity index (χ0v) is 17.6. The van der Waals surface area contributed by atoms with Crippen molar-refractivity contribution >= 4 is 34.6 Å². The Morgan fingerprint density at radius 1 is 1.14 bits per heavy atom. The Bertz CT molecular complexity index is 833. The number of amides is 1. The highest BCUT2D eigenvalue weighted by Gasteiger charge is 2.15. The largest absolute Gasteiger partial charge is 0.484 e. The number of hydrogen-bond acceptors (Lipinski definition) is 5. The highest BCUT2D eigenvalue weighted by molar-refractivity contribution is 7.80. The lowest BCUT2D eigenvalue weighted by atomic mass is 10.0. The molecule has 3 rings (SSSR count). The van der Waals surface area contributed by atoms with Crippen LogP contribution < -0.4 is 20.3 Å². The quantitative estimate of drug-likeness (QED) is 0.707. The Hall–Kier alpha value is -2.64. The van der Waals surface area contributed by atoms with Gasteiger partial charge < -0.3 is 19.7 Å². The molecule has 2 N–H and O–H groups in total. The minimum Gasteiger partial charge on any atom is -0.484 e. The van der Waals surface area contributed by atoms with E-state index in [9.17, 15) is 4.79 Å². The Kier molecular flexibility index (Phi) is 7.43. The molecule has 0 saturated carbocycles. The van der Waals surface area contributed by atoms with Crippen LogP contribution in [0, 0.1) is 0 Å². The second-order valence-corrected chi connectivity index (χ2v) is 7.54. The first-order valence-corrected chi connectivity index (χ1v) is 10.2. The van der Waals surface area contributed by atoms with Crippen molar-refractivity contribution in [1.29, 1.82) is 0 Å². The van der Waals surface area contributed by atoms with Crippen LogP contribution in [0.3, 0.4) is 0 Å². The standard InChI is InChI=1S/C22H27N3O3S/c1-16(2)17-7-9-18(10-8-17)28-15-21(26)24-22(29)23-19-5-3-4-6-20(19)25-11-13-27-14-12-25/h3-10,16H,11-15H2,1-2H3,(H2,23,24,26,29). The molecule has 2 aromatic carbocycles. The average molecular weight is 414 g/mol. The summed E-state index contributed by atoms with van der Waals surface area (Å²) in [6.07, 6.45) is 0. The van der Waals surface area contributed by atoms with E-state index < -0.39 is 0 Å². The Morgan fingerprint density at radius 3 is 2.52 bits per heavy atom. The van der Waals surface area contributed by atoms with Crippen molar-refractivity contribution in [1.82, 2.24) is 5.32 Å². The summed E-state index contributed by atoms with van der Waals surface area (Å²) in [5.41, 5.74) is 3.12. The van der Waals surface area contributed by atoms with Crippen LogP contribution in [0.1, 0.15) is 25.3 Å². The van der Waals surface area contributed by atoms with Crippen LogP contribution >= 0.6 is 12.2 Å². The first kappa shape index (κ1) is 21.1. The summed E-state index contributed by atoms with van der Waals surface area (Å²) in [4.78, 5) is 14.4. The van der Waals surface area contributed by atoms with E-state index >= 15 is 0 Å². The van der Waals surface area contributed by atoms with Gasteiger partial charge in [-0.3, -0.25) is 10.1 Å². The number of morpholine rings is 1. The summed E-state index contributed by atoms with van der Waals surface area (Å²) in [5, 5.41) is 6.03. The van der Waals surface area contributed by atoms with Gasteiger partial charge in [0.25, 0.3) is 5.91 Å². The van der Waals surface area contributed by atoms with Gasteiger partial charge in [0.2, 0.25) is 0 Å². The van der Waals surface area contributed by atoms with Gasteiger partial charge >= 0.3 is 0 Å². The normalized spacial score (nSPS) is 13.8. The molecule has 0 atom stereocenters.